The molecule has 1 aromatic carbocycles. The van der Waals surface area contributed by atoms with E-state index >= 15 is 0 Å². The number of aryl methyl sites for hydroxylation is 1. The number of fused-ring (bicyclic) bond motifs is 1. The third-order valence-corrected chi connectivity index (χ3v) is 7.06. The Morgan fingerprint density at radius 3 is 2.56 bits per heavy atom. The van der Waals surface area contributed by atoms with Crippen molar-refractivity contribution in [1.29, 1.82) is 5.26 Å². The van der Waals surface area contributed by atoms with E-state index in [1.165, 1.54) is 11.3 Å². The lowest BCUT2D eigenvalue weighted by Gasteiger charge is -2.36. The largest absolute Gasteiger partial charge is 0.368 e. The minimum absolute atomic E-state index is 0.0952. The Bertz CT molecular complexity index is 1250. The summed E-state index contributed by atoms with van der Waals surface area (Å²) in [6.07, 6.45) is 0.796. The van der Waals surface area contributed by atoms with Crippen molar-refractivity contribution < 1.29 is 4.79 Å². The molecule has 3 heterocycles. The second kappa shape index (κ2) is 9.10. The van der Waals surface area contributed by atoms with Crippen molar-refractivity contribution in [2.45, 2.75) is 13.5 Å². The third kappa shape index (κ3) is 3.99. The van der Waals surface area contributed by atoms with E-state index in [-0.39, 0.29) is 5.56 Å². The van der Waals surface area contributed by atoms with Crippen LogP contribution in [0.2, 0.25) is 0 Å². The van der Waals surface area contributed by atoms with E-state index in [9.17, 15) is 14.9 Å². The molecule has 8 nitrogen and oxygen atoms in total. The lowest BCUT2D eigenvalue weighted by molar-refractivity contribution is 0.112. The number of aromatic nitrogens is 2. The molecule has 3 aromatic rings. The first-order chi connectivity index (χ1) is 15.4. The molecule has 1 aliphatic heterocycles. The molecule has 1 saturated heterocycles. The van der Waals surface area contributed by atoms with Crippen LogP contribution in [-0.4, -0.2) is 67.6 Å². The Hall–Kier alpha value is -3.22. The highest BCUT2D eigenvalue weighted by Crippen LogP contribution is 2.27. The molecule has 0 aliphatic carbocycles. The Kier molecular flexibility index (Phi) is 6.26. The summed E-state index contributed by atoms with van der Waals surface area (Å²) in [5.74, 6) is 0.600. The molecular weight excluding hydrogens is 424 g/mol. The molecule has 0 amide bonds. The molecule has 0 atom stereocenters. The van der Waals surface area contributed by atoms with Gasteiger partial charge in [-0.2, -0.15) is 5.26 Å². The number of para-hydroxylation sites is 1. The first-order valence-corrected chi connectivity index (χ1v) is 11.4. The van der Waals surface area contributed by atoms with Crippen LogP contribution in [0.25, 0.3) is 10.2 Å². The molecule has 0 radical (unpaired) electrons. The number of thiophene rings is 1. The highest BCUT2D eigenvalue weighted by Gasteiger charge is 2.22. The fraction of sp³-hybridized carbons (Fsp3) is 0.391. The number of carbonyl (C=O) groups is 1. The first kappa shape index (κ1) is 22.0. The molecule has 2 aromatic heterocycles. The molecule has 0 N–H and O–H groups in total. The van der Waals surface area contributed by atoms with Crippen molar-refractivity contribution in [3.8, 4) is 6.07 Å². The average Bonchev–Trinajstić information content (AvgIpc) is 3.14. The normalized spacial score (nSPS) is 14.5. The summed E-state index contributed by atoms with van der Waals surface area (Å²) in [4.78, 5) is 36.9. The minimum atomic E-state index is -0.0952. The predicted molar refractivity (Wildman–Crippen MR) is 128 cm³/mol. The third-order valence-electron chi connectivity index (χ3n) is 5.95. The van der Waals surface area contributed by atoms with Crippen LogP contribution < -0.4 is 15.4 Å². The fourth-order valence-electron chi connectivity index (χ4n) is 4.18. The number of hydrogen-bond acceptors (Lipinski definition) is 8. The Morgan fingerprint density at radius 2 is 1.91 bits per heavy atom. The molecule has 4 rings (SSSR count). The molecule has 166 valence electrons. The van der Waals surface area contributed by atoms with E-state index in [2.05, 4.69) is 15.9 Å². The second-order valence-corrected chi connectivity index (χ2v) is 9.14. The lowest BCUT2D eigenvalue weighted by Crippen LogP contribution is -2.48. The van der Waals surface area contributed by atoms with Gasteiger partial charge in [0.15, 0.2) is 6.29 Å². The molecule has 0 unspecified atom stereocenters. The van der Waals surface area contributed by atoms with Crippen LogP contribution in [0.1, 0.15) is 20.8 Å². The summed E-state index contributed by atoms with van der Waals surface area (Å²) < 4.78 is 1.72. The monoisotopic (exact) mass is 450 g/mol. The SMILES string of the molecule is Cc1c(C=O)sc2nc(N(C)C)n(CCN3CCN(c4ccccc4C#N)CC3)c(=O)c12. The number of piperazine rings is 1. The number of anilines is 2. The van der Waals surface area contributed by atoms with E-state index < -0.39 is 0 Å². The topological polar surface area (TPSA) is 85.5 Å². The highest BCUT2D eigenvalue weighted by molar-refractivity contribution is 7.20. The quantitative estimate of drug-likeness (QED) is 0.533. The summed E-state index contributed by atoms with van der Waals surface area (Å²) in [7, 11) is 3.74. The van der Waals surface area contributed by atoms with E-state index in [1.54, 1.807) is 4.57 Å². The molecule has 32 heavy (non-hydrogen) atoms. The predicted octanol–water partition coefficient (Wildman–Crippen LogP) is 2.34. The van der Waals surface area contributed by atoms with Crippen LogP contribution >= 0.6 is 11.3 Å². The summed E-state index contributed by atoms with van der Waals surface area (Å²) in [5, 5.41) is 9.91. The van der Waals surface area contributed by atoms with Gasteiger partial charge in [0, 0.05) is 53.4 Å². The maximum atomic E-state index is 13.3. The van der Waals surface area contributed by atoms with Gasteiger partial charge in [-0.05, 0) is 24.6 Å². The van der Waals surface area contributed by atoms with E-state index in [0.29, 0.717) is 38.7 Å². The van der Waals surface area contributed by atoms with Crippen molar-refractivity contribution in [1.82, 2.24) is 14.5 Å². The standard InChI is InChI=1S/C23H26N6O2S/c1-16-19(15-30)32-21-20(16)22(31)29(23(25-21)26(2)3)13-10-27-8-11-28(12-9-27)18-7-5-4-6-17(18)14-24/h4-7,15H,8-13H2,1-3H3. The smallest absolute Gasteiger partial charge is 0.264 e. The van der Waals surface area contributed by atoms with E-state index in [1.807, 2.05) is 50.2 Å². The molecule has 0 spiro atoms. The maximum absolute atomic E-state index is 13.3. The van der Waals surface area contributed by atoms with Gasteiger partial charge in [0.1, 0.15) is 10.9 Å². The van der Waals surface area contributed by atoms with E-state index in [0.717, 1.165) is 44.7 Å². The van der Waals surface area contributed by atoms with Crippen LogP contribution in [0, 0.1) is 18.3 Å². The summed E-state index contributed by atoms with van der Waals surface area (Å²) in [5.41, 5.74) is 2.29. The zero-order valence-corrected chi connectivity index (χ0v) is 19.4. The van der Waals surface area contributed by atoms with Crippen LogP contribution in [0.15, 0.2) is 29.1 Å². The zero-order valence-electron chi connectivity index (χ0n) is 18.5. The number of nitrogens with zero attached hydrogens (tertiary/aromatic N) is 6. The summed E-state index contributed by atoms with van der Waals surface area (Å²) in [6.45, 7) is 6.43. The van der Waals surface area contributed by atoms with Crippen molar-refractivity contribution in [3.63, 3.8) is 0 Å². The highest BCUT2D eigenvalue weighted by atomic mass is 32.1. The number of benzene rings is 1. The van der Waals surface area contributed by atoms with Gasteiger partial charge in [-0.3, -0.25) is 19.1 Å². The first-order valence-electron chi connectivity index (χ1n) is 10.6. The van der Waals surface area contributed by atoms with Gasteiger partial charge in [0.05, 0.1) is 21.5 Å². The molecule has 0 bridgehead atoms. The lowest BCUT2D eigenvalue weighted by atomic mass is 10.1. The molecule has 1 aliphatic rings. The van der Waals surface area contributed by atoms with Crippen LogP contribution in [-0.2, 0) is 6.54 Å². The molecule has 0 saturated carbocycles. The number of nitriles is 1. The van der Waals surface area contributed by atoms with Crippen LogP contribution in [0.5, 0.6) is 0 Å². The van der Waals surface area contributed by atoms with Gasteiger partial charge in [0.2, 0.25) is 5.95 Å². The minimum Gasteiger partial charge on any atom is -0.368 e. The summed E-state index contributed by atoms with van der Waals surface area (Å²) in [6, 6.07) is 9.96. The van der Waals surface area contributed by atoms with Gasteiger partial charge in [-0.15, -0.1) is 11.3 Å². The Morgan fingerprint density at radius 1 is 1.19 bits per heavy atom. The van der Waals surface area contributed by atoms with Crippen molar-refractivity contribution >= 4 is 39.5 Å². The zero-order chi connectivity index (χ0) is 22.8. The van der Waals surface area contributed by atoms with Crippen molar-refractivity contribution in [2.24, 2.45) is 0 Å². The van der Waals surface area contributed by atoms with Crippen molar-refractivity contribution in [3.05, 3.63) is 50.6 Å². The van der Waals surface area contributed by atoms with Crippen LogP contribution in [0.4, 0.5) is 11.6 Å². The number of carbonyl (C=O) groups excluding carboxylic acids is 1. The average molecular weight is 451 g/mol. The molecule has 9 heteroatoms. The van der Waals surface area contributed by atoms with Gasteiger partial charge in [-0.25, -0.2) is 4.98 Å². The van der Waals surface area contributed by atoms with Gasteiger partial charge >= 0.3 is 0 Å². The van der Waals surface area contributed by atoms with E-state index in [4.69, 9.17) is 4.98 Å². The number of aldehydes is 1. The van der Waals surface area contributed by atoms with Gasteiger partial charge in [-0.1, -0.05) is 12.1 Å². The Labute approximate surface area is 190 Å². The van der Waals surface area contributed by atoms with Gasteiger partial charge < -0.3 is 9.80 Å². The van der Waals surface area contributed by atoms with Crippen LogP contribution in [0.3, 0.4) is 0 Å². The Balaban J connectivity index is 1.51. The van der Waals surface area contributed by atoms with Gasteiger partial charge in [0.25, 0.3) is 5.56 Å². The molecular formula is C23H26N6O2S. The molecule has 1 fully saturated rings. The fourth-order valence-corrected chi connectivity index (χ4v) is 5.16. The van der Waals surface area contributed by atoms with Crippen molar-refractivity contribution in [2.75, 3.05) is 56.6 Å². The number of rotatable bonds is 6. The summed E-state index contributed by atoms with van der Waals surface area (Å²) >= 11 is 1.27. The second-order valence-electron chi connectivity index (χ2n) is 8.11. The number of hydrogen-bond donors (Lipinski definition) is 0. The maximum Gasteiger partial charge on any atom is 0.264 e.